The summed E-state index contributed by atoms with van der Waals surface area (Å²) in [4.78, 5) is 19.8. The van der Waals surface area contributed by atoms with Crippen molar-refractivity contribution < 1.29 is 14.3 Å². The normalized spacial score (nSPS) is 14.2. The van der Waals surface area contributed by atoms with Gasteiger partial charge in [-0.05, 0) is 0 Å². The second kappa shape index (κ2) is 4.73. The molecule has 1 heterocycles. The summed E-state index contributed by atoms with van der Waals surface area (Å²) in [6.45, 7) is 4.25. The molecule has 0 fully saturated rings. The summed E-state index contributed by atoms with van der Waals surface area (Å²) < 4.78 is 3.97. The highest BCUT2D eigenvalue weighted by molar-refractivity contribution is 6.04. The molecule has 0 aromatic rings. The molecule has 10 heavy (non-hydrogen) atoms. The van der Waals surface area contributed by atoms with Crippen molar-refractivity contribution in [3.8, 4) is 0 Å². The van der Waals surface area contributed by atoms with Gasteiger partial charge < -0.3 is 4.74 Å². The smallest absolute Gasteiger partial charge is 0.338 e. The van der Waals surface area contributed by atoms with Crippen LogP contribution < -0.4 is 0 Å². The molecule has 0 aliphatic carbocycles. The van der Waals surface area contributed by atoms with Crippen molar-refractivity contribution in [2.45, 2.75) is 20.3 Å². The van der Waals surface area contributed by atoms with E-state index < -0.39 is 11.9 Å². The summed E-state index contributed by atoms with van der Waals surface area (Å²) >= 11 is 0. The Hall–Kier alpha value is -1.12. The van der Waals surface area contributed by atoms with E-state index in [4.69, 9.17) is 0 Å². The zero-order valence-electron chi connectivity index (χ0n) is 6.09. The second-order valence-corrected chi connectivity index (χ2v) is 1.78. The van der Waals surface area contributed by atoms with E-state index in [0.29, 0.717) is 0 Å². The van der Waals surface area contributed by atoms with Gasteiger partial charge in [0.05, 0.1) is 0 Å². The SMILES string of the molecule is CCC.O=C1C=CC(=O)O1. The van der Waals surface area contributed by atoms with Gasteiger partial charge in [-0.1, -0.05) is 20.3 Å². The van der Waals surface area contributed by atoms with Crippen LogP contribution in [0.5, 0.6) is 0 Å². The fourth-order valence-corrected chi connectivity index (χ4v) is 0.303. The Balaban J connectivity index is 0.000000236. The first kappa shape index (κ1) is 8.88. The maximum Gasteiger partial charge on any atom is 0.338 e. The van der Waals surface area contributed by atoms with Gasteiger partial charge in [0, 0.05) is 12.2 Å². The molecular weight excluding hydrogens is 132 g/mol. The fourth-order valence-electron chi connectivity index (χ4n) is 0.303. The average molecular weight is 142 g/mol. The molecule has 1 aliphatic rings. The van der Waals surface area contributed by atoms with E-state index >= 15 is 0 Å². The molecular formula is C7H10O3. The quantitative estimate of drug-likeness (QED) is 0.375. The van der Waals surface area contributed by atoms with E-state index in [9.17, 15) is 9.59 Å². The Morgan fingerprint density at radius 2 is 1.50 bits per heavy atom. The van der Waals surface area contributed by atoms with E-state index in [1.54, 1.807) is 0 Å². The molecule has 56 valence electrons. The standard InChI is InChI=1S/C4H2O3.C3H8/c5-3-1-2-4(6)7-3;1-3-2/h1-2H;3H2,1-2H3. The molecule has 0 N–H and O–H groups in total. The van der Waals surface area contributed by atoms with E-state index in [2.05, 4.69) is 18.6 Å². The van der Waals surface area contributed by atoms with Crippen molar-refractivity contribution in [1.29, 1.82) is 0 Å². The Kier molecular flexibility index (Phi) is 4.20. The highest BCUT2D eigenvalue weighted by atomic mass is 16.6. The zero-order valence-corrected chi connectivity index (χ0v) is 6.09. The van der Waals surface area contributed by atoms with Gasteiger partial charge in [-0.3, -0.25) is 0 Å². The molecule has 0 unspecified atom stereocenters. The van der Waals surface area contributed by atoms with E-state index in [0.717, 1.165) is 12.2 Å². The minimum absolute atomic E-state index is 0.579. The first-order chi connectivity index (χ1) is 4.70. The second-order valence-electron chi connectivity index (χ2n) is 1.78. The minimum Gasteiger partial charge on any atom is -0.387 e. The molecule has 0 amide bonds. The molecule has 0 radical (unpaired) electrons. The third-order valence-electron chi connectivity index (χ3n) is 0.557. The van der Waals surface area contributed by atoms with Crippen molar-refractivity contribution >= 4 is 11.9 Å². The van der Waals surface area contributed by atoms with E-state index in [1.165, 1.54) is 6.42 Å². The van der Waals surface area contributed by atoms with Gasteiger partial charge in [0.25, 0.3) is 0 Å². The molecule has 0 atom stereocenters. The van der Waals surface area contributed by atoms with Crippen LogP contribution in [0.3, 0.4) is 0 Å². The lowest BCUT2D eigenvalue weighted by atomic mass is 10.6. The Morgan fingerprint density at radius 1 is 1.20 bits per heavy atom. The number of ether oxygens (including phenoxy) is 1. The van der Waals surface area contributed by atoms with Gasteiger partial charge >= 0.3 is 11.9 Å². The first-order valence-electron chi connectivity index (χ1n) is 3.14. The van der Waals surface area contributed by atoms with Crippen molar-refractivity contribution in [2.24, 2.45) is 0 Å². The highest BCUT2D eigenvalue weighted by Gasteiger charge is 2.10. The van der Waals surface area contributed by atoms with E-state index in [1.807, 2.05) is 0 Å². The maximum absolute atomic E-state index is 9.92. The number of cyclic esters (lactones) is 2. The van der Waals surface area contributed by atoms with Crippen molar-refractivity contribution in [1.82, 2.24) is 0 Å². The van der Waals surface area contributed by atoms with Crippen LogP contribution in [0, 0.1) is 0 Å². The molecule has 0 aromatic carbocycles. The van der Waals surface area contributed by atoms with Crippen LogP contribution >= 0.6 is 0 Å². The van der Waals surface area contributed by atoms with Crippen LogP contribution in [0.1, 0.15) is 20.3 Å². The van der Waals surface area contributed by atoms with Crippen LogP contribution in [-0.4, -0.2) is 11.9 Å². The van der Waals surface area contributed by atoms with Crippen LogP contribution in [0.15, 0.2) is 12.2 Å². The van der Waals surface area contributed by atoms with Crippen molar-refractivity contribution in [3.63, 3.8) is 0 Å². The van der Waals surface area contributed by atoms with Gasteiger partial charge in [0.1, 0.15) is 0 Å². The number of carbonyl (C=O) groups is 2. The number of rotatable bonds is 0. The average Bonchev–Trinajstić information content (AvgIpc) is 2.17. The third kappa shape index (κ3) is 3.83. The van der Waals surface area contributed by atoms with Crippen LogP contribution in [0.2, 0.25) is 0 Å². The molecule has 0 spiro atoms. The topological polar surface area (TPSA) is 43.4 Å². The predicted molar refractivity (Wildman–Crippen MR) is 36.2 cm³/mol. The van der Waals surface area contributed by atoms with Crippen LogP contribution in [-0.2, 0) is 14.3 Å². The molecule has 0 saturated heterocycles. The van der Waals surface area contributed by atoms with Crippen LogP contribution in [0.4, 0.5) is 0 Å². The molecule has 3 nitrogen and oxygen atoms in total. The van der Waals surface area contributed by atoms with Crippen molar-refractivity contribution in [3.05, 3.63) is 12.2 Å². The number of esters is 2. The van der Waals surface area contributed by atoms with E-state index in [-0.39, 0.29) is 0 Å². The molecule has 3 heteroatoms. The van der Waals surface area contributed by atoms with Gasteiger partial charge in [0.2, 0.25) is 0 Å². The maximum atomic E-state index is 9.92. The van der Waals surface area contributed by atoms with Gasteiger partial charge in [-0.25, -0.2) is 9.59 Å². The predicted octanol–water partition coefficient (Wildman–Crippen LogP) is 1.04. The number of hydrogen-bond acceptors (Lipinski definition) is 3. The summed E-state index contributed by atoms with van der Waals surface area (Å²) in [6.07, 6.45) is 3.42. The largest absolute Gasteiger partial charge is 0.387 e. The summed E-state index contributed by atoms with van der Waals surface area (Å²) in [7, 11) is 0. The summed E-state index contributed by atoms with van der Waals surface area (Å²) in [5.74, 6) is -1.16. The Bertz CT molecular complexity index is 142. The molecule has 0 saturated carbocycles. The van der Waals surface area contributed by atoms with Gasteiger partial charge in [0.15, 0.2) is 0 Å². The molecule has 0 bridgehead atoms. The zero-order chi connectivity index (χ0) is 7.98. The molecule has 1 aliphatic heterocycles. The third-order valence-corrected chi connectivity index (χ3v) is 0.557. The monoisotopic (exact) mass is 142 g/mol. The Labute approximate surface area is 59.7 Å². The van der Waals surface area contributed by atoms with Gasteiger partial charge in [-0.2, -0.15) is 0 Å². The van der Waals surface area contributed by atoms with Gasteiger partial charge in [-0.15, -0.1) is 0 Å². The lowest BCUT2D eigenvalue weighted by molar-refractivity contribution is -0.150. The molecule has 0 aromatic heterocycles. The number of carbonyl (C=O) groups excluding carboxylic acids is 2. The highest BCUT2D eigenvalue weighted by Crippen LogP contribution is 1.92. The summed E-state index contributed by atoms with van der Waals surface area (Å²) in [5, 5.41) is 0. The lowest BCUT2D eigenvalue weighted by Crippen LogP contribution is -1.96. The lowest BCUT2D eigenvalue weighted by Gasteiger charge is -1.80. The summed E-state index contributed by atoms with van der Waals surface area (Å²) in [5.41, 5.74) is 0. The summed E-state index contributed by atoms with van der Waals surface area (Å²) in [6, 6.07) is 0. The Morgan fingerprint density at radius 3 is 1.60 bits per heavy atom. The fraction of sp³-hybridized carbons (Fsp3) is 0.429. The van der Waals surface area contributed by atoms with Crippen molar-refractivity contribution in [2.75, 3.05) is 0 Å². The first-order valence-corrected chi connectivity index (χ1v) is 3.14. The number of hydrogen-bond donors (Lipinski definition) is 0. The minimum atomic E-state index is -0.579. The van der Waals surface area contributed by atoms with Crippen LogP contribution in [0.25, 0.3) is 0 Å². The molecule has 1 rings (SSSR count).